The third kappa shape index (κ3) is 2.61. The molecule has 0 radical (unpaired) electrons. The lowest BCUT2D eigenvalue weighted by Crippen LogP contribution is -1.72. The molecular weight excluding hydrogens is 220 g/mol. The second-order valence-electron chi connectivity index (χ2n) is 1.95. The molecule has 0 amide bonds. The third-order valence-electron chi connectivity index (χ3n) is 1.28. The van der Waals surface area contributed by atoms with Gasteiger partial charge in [0.2, 0.25) is 0 Å². The van der Waals surface area contributed by atoms with Crippen molar-refractivity contribution < 1.29 is 0 Å². The molecule has 0 atom stereocenters. The van der Waals surface area contributed by atoms with Crippen LogP contribution in [0.5, 0.6) is 0 Å². The summed E-state index contributed by atoms with van der Waals surface area (Å²) in [6, 6.07) is 8.16. The van der Waals surface area contributed by atoms with Gasteiger partial charge in [0.1, 0.15) is 0 Å². The van der Waals surface area contributed by atoms with Gasteiger partial charge in [-0.3, -0.25) is 0 Å². The zero-order valence-electron chi connectivity index (χ0n) is 6.10. The number of thioether (sulfide) groups is 1. The van der Waals surface area contributed by atoms with Gasteiger partial charge in [-0.25, -0.2) is 0 Å². The van der Waals surface area contributed by atoms with Crippen molar-refractivity contribution in [1.82, 2.24) is 0 Å². The third-order valence-corrected chi connectivity index (χ3v) is 2.22. The average molecular weight is 227 g/mol. The van der Waals surface area contributed by atoms with Crippen molar-refractivity contribution >= 4 is 27.7 Å². The summed E-state index contributed by atoms with van der Waals surface area (Å²) in [6.45, 7) is 0. The van der Waals surface area contributed by atoms with Crippen LogP contribution in [0.3, 0.4) is 0 Å². The van der Waals surface area contributed by atoms with E-state index in [1.807, 2.05) is 12.1 Å². The van der Waals surface area contributed by atoms with Crippen molar-refractivity contribution in [2.45, 2.75) is 4.90 Å². The van der Waals surface area contributed by atoms with Crippen LogP contribution in [0.25, 0.3) is 0 Å². The van der Waals surface area contributed by atoms with Crippen molar-refractivity contribution in [3.63, 3.8) is 0 Å². The van der Waals surface area contributed by atoms with E-state index in [0.717, 1.165) is 5.56 Å². The fourth-order valence-electron chi connectivity index (χ4n) is 0.729. The summed E-state index contributed by atoms with van der Waals surface area (Å²) < 4.78 is 0. The molecule has 0 spiro atoms. The van der Waals surface area contributed by atoms with Crippen LogP contribution in [0.4, 0.5) is 0 Å². The molecule has 0 heterocycles. The van der Waals surface area contributed by atoms with E-state index >= 15 is 0 Å². The van der Waals surface area contributed by atoms with Crippen LogP contribution in [-0.4, -0.2) is 6.26 Å². The summed E-state index contributed by atoms with van der Waals surface area (Å²) in [6.07, 6.45) is 2.06. The Balaban J connectivity index is 2.88. The lowest BCUT2D eigenvalue weighted by atomic mass is 10.2. The van der Waals surface area contributed by atoms with Gasteiger partial charge in [-0.15, -0.1) is 11.8 Å². The van der Waals surface area contributed by atoms with Gasteiger partial charge in [0.25, 0.3) is 0 Å². The molecule has 0 aliphatic carbocycles. The summed E-state index contributed by atoms with van der Waals surface area (Å²) in [4.78, 5) is 3.95. The smallest absolute Gasteiger partial charge is 0.0255 e. The predicted molar refractivity (Wildman–Crippen MR) is 54.0 cm³/mol. The molecule has 0 nitrogen and oxygen atoms in total. The molecule has 1 rings (SSSR count). The van der Waals surface area contributed by atoms with E-state index in [2.05, 4.69) is 45.1 Å². The fraction of sp³-hybridized carbons (Fsp3) is 0.111. The second-order valence-corrected chi connectivity index (χ2v) is 3.22. The van der Waals surface area contributed by atoms with Crippen molar-refractivity contribution in [1.29, 1.82) is 0 Å². The minimum atomic E-state index is 1.04. The maximum atomic E-state index is 3.06. The molecule has 0 bridgehead atoms. The number of hydrogen-bond acceptors (Lipinski definition) is 1. The molecule has 11 heavy (non-hydrogen) atoms. The first kappa shape index (κ1) is 8.70. The largest absolute Gasteiger partial charge is 0.130 e. The summed E-state index contributed by atoms with van der Waals surface area (Å²) in [7, 11) is 0. The lowest BCUT2D eigenvalue weighted by Gasteiger charge is -1.93. The first-order valence-electron chi connectivity index (χ1n) is 3.12. The molecule has 0 fully saturated rings. The van der Waals surface area contributed by atoms with Gasteiger partial charge < -0.3 is 0 Å². The highest BCUT2D eigenvalue weighted by Gasteiger charge is 1.88. The van der Waals surface area contributed by atoms with Crippen LogP contribution in [0.1, 0.15) is 5.56 Å². The van der Waals surface area contributed by atoms with Crippen LogP contribution < -0.4 is 0 Å². The highest BCUT2D eigenvalue weighted by atomic mass is 79.9. The van der Waals surface area contributed by atoms with Crippen molar-refractivity contribution in [2.24, 2.45) is 0 Å². The number of rotatable bonds is 1. The monoisotopic (exact) mass is 226 g/mol. The van der Waals surface area contributed by atoms with Gasteiger partial charge in [-0.05, 0) is 35.4 Å². The van der Waals surface area contributed by atoms with Crippen LogP contribution >= 0.6 is 27.7 Å². The fourth-order valence-corrected chi connectivity index (χ4v) is 1.37. The van der Waals surface area contributed by atoms with E-state index in [-0.39, 0.29) is 0 Å². The van der Waals surface area contributed by atoms with Gasteiger partial charge in [0.15, 0.2) is 0 Å². The standard InChI is InChI=1S/C9H7BrS/c1-11-9-4-2-8(3-5-9)6-7-10/h2-5H,1H3. The van der Waals surface area contributed by atoms with Crippen molar-refractivity contribution in [3.8, 4) is 10.8 Å². The van der Waals surface area contributed by atoms with E-state index in [4.69, 9.17) is 0 Å². The molecule has 0 saturated carbocycles. The van der Waals surface area contributed by atoms with E-state index < -0.39 is 0 Å². The zero-order chi connectivity index (χ0) is 8.10. The predicted octanol–water partition coefficient (Wildman–Crippen LogP) is 3.11. The first-order chi connectivity index (χ1) is 5.36. The number of halogens is 1. The highest BCUT2D eigenvalue weighted by Crippen LogP contribution is 2.14. The Kier molecular flexibility index (Phi) is 3.55. The van der Waals surface area contributed by atoms with Crippen LogP contribution in [0, 0.1) is 10.8 Å². The van der Waals surface area contributed by atoms with Gasteiger partial charge in [0.05, 0.1) is 0 Å². The number of hydrogen-bond donors (Lipinski definition) is 0. The molecule has 0 unspecified atom stereocenters. The van der Waals surface area contributed by atoms with Crippen LogP contribution in [-0.2, 0) is 0 Å². The molecule has 2 heteroatoms. The van der Waals surface area contributed by atoms with Crippen LogP contribution in [0.15, 0.2) is 29.2 Å². The number of benzene rings is 1. The minimum absolute atomic E-state index is 1.04. The quantitative estimate of drug-likeness (QED) is 0.524. The van der Waals surface area contributed by atoms with E-state index in [1.165, 1.54) is 4.90 Å². The maximum absolute atomic E-state index is 3.06. The maximum Gasteiger partial charge on any atom is 0.0255 e. The Morgan fingerprint density at radius 1 is 1.27 bits per heavy atom. The summed E-state index contributed by atoms with van der Waals surface area (Å²) >= 11 is 4.79. The summed E-state index contributed by atoms with van der Waals surface area (Å²) in [5, 5.41) is 0. The van der Waals surface area contributed by atoms with E-state index in [0.29, 0.717) is 0 Å². The Morgan fingerprint density at radius 3 is 2.36 bits per heavy atom. The zero-order valence-corrected chi connectivity index (χ0v) is 8.50. The van der Waals surface area contributed by atoms with Gasteiger partial charge in [0, 0.05) is 26.4 Å². The minimum Gasteiger partial charge on any atom is -0.130 e. The molecule has 0 saturated heterocycles. The Morgan fingerprint density at radius 2 is 1.91 bits per heavy atom. The first-order valence-corrected chi connectivity index (χ1v) is 5.14. The van der Waals surface area contributed by atoms with Crippen molar-refractivity contribution in [2.75, 3.05) is 6.26 Å². The highest BCUT2D eigenvalue weighted by molar-refractivity contribution is 9.12. The summed E-state index contributed by atoms with van der Waals surface area (Å²) in [5.74, 6) is 2.92. The SMILES string of the molecule is CSc1ccc(C#CBr)cc1. The van der Waals surface area contributed by atoms with Gasteiger partial charge >= 0.3 is 0 Å². The Hall–Kier alpha value is -0.390. The Bertz CT molecular complexity index is 279. The molecule has 0 N–H and O–H groups in total. The summed E-state index contributed by atoms with van der Waals surface area (Å²) in [5.41, 5.74) is 1.04. The molecule has 56 valence electrons. The molecule has 1 aromatic rings. The lowest BCUT2D eigenvalue weighted by molar-refractivity contribution is 1.45. The molecule has 1 aromatic carbocycles. The van der Waals surface area contributed by atoms with E-state index in [1.54, 1.807) is 11.8 Å². The molecule has 0 aliphatic rings. The molecular formula is C9H7BrS. The van der Waals surface area contributed by atoms with Crippen LogP contribution in [0.2, 0.25) is 0 Å². The normalized spacial score (nSPS) is 8.55. The van der Waals surface area contributed by atoms with Gasteiger partial charge in [-0.2, -0.15) is 0 Å². The molecule has 0 aromatic heterocycles. The van der Waals surface area contributed by atoms with Gasteiger partial charge in [-0.1, -0.05) is 5.92 Å². The second kappa shape index (κ2) is 4.48. The molecule has 0 aliphatic heterocycles. The topological polar surface area (TPSA) is 0 Å². The average Bonchev–Trinajstić information content (AvgIpc) is 2.07. The Labute approximate surface area is 79.5 Å². The van der Waals surface area contributed by atoms with Crippen molar-refractivity contribution in [3.05, 3.63) is 29.8 Å². The van der Waals surface area contributed by atoms with E-state index in [9.17, 15) is 0 Å².